The molecule has 1 saturated carbocycles. The molecule has 2 fully saturated rings. The van der Waals surface area contributed by atoms with E-state index in [1.807, 2.05) is 6.21 Å². The molecule has 0 aromatic heterocycles. The van der Waals surface area contributed by atoms with Gasteiger partial charge in [0.1, 0.15) is 0 Å². The minimum atomic E-state index is 0.395. The number of likely N-dealkylation sites (tertiary alicyclic amines) is 1. The first kappa shape index (κ1) is 15.5. The summed E-state index contributed by atoms with van der Waals surface area (Å²) in [6, 6.07) is 0. The Bertz CT molecular complexity index is 346. The van der Waals surface area contributed by atoms with Crippen LogP contribution in [0, 0.1) is 17.8 Å². The quantitative estimate of drug-likeness (QED) is 0.701. The topological polar surface area (TPSA) is 61.8 Å². The zero-order chi connectivity index (χ0) is 14.4. The van der Waals surface area contributed by atoms with E-state index in [0.29, 0.717) is 12.5 Å². The molecule has 0 radical (unpaired) electrons. The van der Waals surface area contributed by atoms with Crippen molar-refractivity contribution in [1.29, 1.82) is 0 Å². The molecule has 4 nitrogen and oxygen atoms in total. The Kier molecular flexibility index (Phi) is 6.05. The van der Waals surface area contributed by atoms with E-state index in [1.165, 1.54) is 25.7 Å². The lowest BCUT2D eigenvalue weighted by molar-refractivity contribution is 0.176. The number of allylic oxidation sites excluding steroid dienone is 1. The van der Waals surface area contributed by atoms with E-state index in [1.54, 1.807) is 6.20 Å². The van der Waals surface area contributed by atoms with Crippen molar-refractivity contribution in [3.63, 3.8) is 0 Å². The maximum absolute atomic E-state index is 9.09. The van der Waals surface area contributed by atoms with Crippen LogP contribution in [0.25, 0.3) is 0 Å². The van der Waals surface area contributed by atoms with Crippen LogP contribution in [0.2, 0.25) is 0 Å². The Labute approximate surface area is 122 Å². The van der Waals surface area contributed by atoms with Crippen molar-refractivity contribution < 1.29 is 5.11 Å². The molecule has 1 aliphatic carbocycles. The molecule has 3 N–H and O–H groups in total. The van der Waals surface area contributed by atoms with Crippen LogP contribution in [0.5, 0.6) is 0 Å². The van der Waals surface area contributed by atoms with Gasteiger partial charge in [0.2, 0.25) is 0 Å². The molecule has 2 rings (SSSR count). The highest BCUT2D eigenvalue weighted by molar-refractivity contribution is 5.78. The molecule has 0 aromatic rings. The van der Waals surface area contributed by atoms with Gasteiger partial charge in [0.05, 0.1) is 6.67 Å². The molecule has 2 atom stereocenters. The summed E-state index contributed by atoms with van der Waals surface area (Å²) in [5.41, 5.74) is 6.61. The fourth-order valence-corrected chi connectivity index (χ4v) is 3.14. The van der Waals surface area contributed by atoms with Crippen LogP contribution in [0.3, 0.4) is 0 Å². The number of rotatable bonds is 7. The number of aliphatic hydroxyl groups is 1. The maximum Gasteiger partial charge on any atom is 0.0909 e. The molecular weight excluding hydrogens is 250 g/mol. The molecule has 1 saturated heterocycles. The first-order chi connectivity index (χ1) is 9.76. The van der Waals surface area contributed by atoms with E-state index in [2.05, 4.69) is 16.8 Å². The Morgan fingerprint density at radius 2 is 2.10 bits per heavy atom. The molecule has 0 amide bonds. The molecule has 20 heavy (non-hydrogen) atoms. The van der Waals surface area contributed by atoms with Gasteiger partial charge >= 0.3 is 0 Å². The van der Waals surface area contributed by atoms with E-state index in [9.17, 15) is 0 Å². The monoisotopic (exact) mass is 279 g/mol. The van der Waals surface area contributed by atoms with Crippen molar-refractivity contribution in [3.05, 3.63) is 11.8 Å². The first-order valence-corrected chi connectivity index (χ1v) is 8.00. The van der Waals surface area contributed by atoms with Gasteiger partial charge in [-0.15, -0.1) is 0 Å². The van der Waals surface area contributed by atoms with E-state index in [-0.39, 0.29) is 0 Å². The highest BCUT2D eigenvalue weighted by Gasteiger charge is 2.38. The third kappa shape index (κ3) is 4.60. The number of nitrogens with zero attached hydrogens (tertiary/aromatic N) is 2. The van der Waals surface area contributed by atoms with Crippen LogP contribution in [0.4, 0.5) is 0 Å². The minimum Gasteiger partial charge on any atom is -0.404 e. The zero-order valence-electron chi connectivity index (χ0n) is 12.7. The second-order valence-corrected chi connectivity index (χ2v) is 6.28. The second kappa shape index (κ2) is 7.79. The fourth-order valence-electron chi connectivity index (χ4n) is 3.14. The molecule has 4 heteroatoms. The lowest BCUT2D eigenvalue weighted by Gasteiger charge is -2.30. The average molecular weight is 279 g/mol. The summed E-state index contributed by atoms with van der Waals surface area (Å²) in [4.78, 5) is 6.90. The smallest absolute Gasteiger partial charge is 0.0909 e. The molecule has 0 spiro atoms. The van der Waals surface area contributed by atoms with Crippen molar-refractivity contribution in [2.75, 3.05) is 26.4 Å². The summed E-state index contributed by atoms with van der Waals surface area (Å²) < 4.78 is 0. The van der Waals surface area contributed by atoms with Gasteiger partial charge in [-0.3, -0.25) is 9.89 Å². The molecule has 2 unspecified atom stereocenters. The van der Waals surface area contributed by atoms with Crippen LogP contribution < -0.4 is 5.73 Å². The number of piperidine rings is 1. The Hall–Kier alpha value is -0.870. The van der Waals surface area contributed by atoms with Crippen LogP contribution >= 0.6 is 0 Å². The van der Waals surface area contributed by atoms with Gasteiger partial charge in [-0.2, -0.15) is 0 Å². The SMILES string of the molecule is CCC(/C=N\CN1CCC(CC2CC2CO)CC1)=C/N. The first-order valence-electron chi connectivity index (χ1n) is 8.00. The van der Waals surface area contributed by atoms with E-state index >= 15 is 0 Å². The lowest BCUT2D eigenvalue weighted by Crippen LogP contribution is -2.34. The van der Waals surface area contributed by atoms with Gasteiger partial charge in [-0.25, -0.2) is 0 Å². The van der Waals surface area contributed by atoms with E-state index in [0.717, 1.165) is 43.6 Å². The second-order valence-electron chi connectivity index (χ2n) is 6.28. The number of aliphatic imine (C=N–C) groups is 1. The van der Waals surface area contributed by atoms with Crippen molar-refractivity contribution in [1.82, 2.24) is 4.90 Å². The van der Waals surface area contributed by atoms with Crippen molar-refractivity contribution >= 4 is 6.21 Å². The van der Waals surface area contributed by atoms with Gasteiger partial charge in [0.15, 0.2) is 0 Å². The van der Waals surface area contributed by atoms with E-state index in [4.69, 9.17) is 10.8 Å². The summed E-state index contributed by atoms with van der Waals surface area (Å²) >= 11 is 0. The van der Waals surface area contributed by atoms with Gasteiger partial charge in [0, 0.05) is 25.9 Å². The summed E-state index contributed by atoms with van der Waals surface area (Å²) in [6.45, 7) is 5.60. The standard InChI is InChI=1S/C16H29N3O/c1-2-13(9-17)10-18-12-19-5-3-14(4-6-19)7-15-8-16(15)11-20/h9-10,14-16,20H,2-8,11-12,17H2,1H3/b13-9-,18-10-. The molecule has 114 valence electrons. The average Bonchev–Trinajstić information content (AvgIpc) is 3.24. The summed E-state index contributed by atoms with van der Waals surface area (Å²) in [5.74, 6) is 2.30. The third-order valence-corrected chi connectivity index (χ3v) is 4.81. The fraction of sp³-hybridized carbons (Fsp3) is 0.812. The molecule has 2 aliphatic rings. The van der Waals surface area contributed by atoms with Gasteiger partial charge in [-0.1, -0.05) is 6.92 Å². The molecule has 0 aromatic carbocycles. The van der Waals surface area contributed by atoms with Crippen LogP contribution in [0.15, 0.2) is 16.8 Å². The van der Waals surface area contributed by atoms with Gasteiger partial charge in [0.25, 0.3) is 0 Å². The van der Waals surface area contributed by atoms with E-state index < -0.39 is 0 Å². The highest BCUT2D eigenvalue weighted by atomic mass is 16.3. The van der Waals surface area contributed by atoms with Crippen LogP contribution in [-0.2, 0) is 0 Å². The molecule has 1 aliphatic heterocycles. The Morgan fingerprint density at radius 1 is 1.35 bits per heavy atom. The van der Waals surface area contributed by atoms with Crippen molar-refractivity contribution in [2.45, 2.75) is 39.0 Å². The number of hydrogen-bond acceptors (Lipinski definition) is 4. The highest BCUT2D eigenvalue weighted by Crippen LogP contribution is 2.44. The zero-order valence-corrected chi connectivity index (χ0v) is 12.7. The normalized spacial score (nSPS) is 29.2. The Morgan fingerprint density at radius 3 is 2.65 bits per heavy atom. The summed E-state index contributed by atoms with van der Waals surface area (Å²) in [6.07, 6.45) is 9.65. The Balaban J connectivity index is 1.62. The molecular formula is C16H29N3O. The number of nitrogens with two attached hydrogens (primary N) is 1. The number of hydrogen-bond donors (Lipinski definition) is 2. The summed E-state index contributed by atoms with van der Waals surface area (Å²) in [5, 5.41) is 9.09. The van der Waals surface area contributed by atoms with Crippen LogP contribution in [-0.4, -0.2) is 42.6 Å². The molecule has 1 heterocycles. The van der Waals surface area contributed by atoms with Crippen LogP contribution in [0.1, 0.15) is 39.0 Å². The maximum atomic E-state index is 9.09. The summed E-state index contributed by atoms with van der Waals surface area (Å²) in [7, 11) is 0. The molecule has 0 bridgehead atoms. The lowest BCUT2D eigenvalue weighted by atomic mass is 9.91. The minimum absolute atomic E-state index is 0.395. The van der Waals surface area contributed by atoms with Gasteiger partial charge < -0.3 is 10.8 Å². The number of aliphatic hydroxyl groups excluding tert-OH is 1. The predicted molar refractivity (Wildman–Crippen MR) is 83.5 cm³/mol. The predicted octanol–water partition coefficient (Wildman–Crippen LogP) is 2.00. The largest absolute Gasteiger partial charge is 0.404 e. The van der Waals surface area contributed by atoms with Crippen molar-refractivity contribution in [3.8, 4) is 0 Å². The third-order valence-electron chi connectivity index (χ3n) is 4.81. The van der Waals surface area contributed by atoms with Gasteiger partial charge in [-0.05, 0) is 61.6 Å². The van der Waals surface area contributed by atoms with Crippen molar-refractivity contribution in [2.24, 2.45) is 28.5 Å².